The molecular formula is C18H28N3O4+. The Morgan fingerprint density at radius 2 is 1.92 bits per heavy atom. The minimum Gasteiger partial charge on any atom is -0.454 e. The van der Waals surface area contributed by atoms with Gasteiger partial charge in [0.25, 0.3) is 11.8 Å². The summed E-state index contributed by atoms with van der Waals surface area (Å²) in [5.74, 6) is 1.25. The molecule has 0 spiro atoms. The predicted molar refractivity (Wildman–Crippen MR) is 93.5 cm³/mol. The summed E-state index contributed by atoms with van der Waals surface area (Å²) in [6, 6.07) is 5.26. The Labute approximate surface area is 148 Å². The van der Waals surface area contributed by atoms with Crippen molar-refractivity contribution in [1.29, 1.82) is 0 Å². The van der Waals surface area contributed by atoms with E-state index in [4.69, 9.17) is 9.47 Å². The molecule has 2 amide bonds. The highest BCUT2D eigenvalue weighted by atomic mass is 16.7. The molecule has 2 atom stereocenters. The molecule has 0 aliphatic carbocycles. The first-order chi connectivity index (χ1) is 11.7. The number of carbonyl (C=O) groups is 2. The van der Waals surface area contributed by atoms with Crippen LogP contribution in [-0.2, 0) is 16.1 Å². The van der Waals surface area contributed by atoms with Crippen LogP contribution < -0.4 is 25.0 Å². The molecule has 0 saturated carbocycles. The molecule has 0 fully saturated rings. The molecule has 1 heterocycles. The molecule has 1 aliphatic heterocycles. The highest BCUT2D eigenvalue weighted by Crippen LogP contribution is 2.32. The van der Waals surface area contributed by atoms with E-state index in [1.807, 2.05) is 52.9 Å². The third kappa shape index (κ3) is 5.63. The highest BCUT2D eigenvalue weighted by Gasteiger charge is 2.25. The second-order valence-electron chi connectivity index (χ2n) is 7.45. The summed E-state index contributed by atoms with van der Waals surface area (Å²) in [6.07, 6.45) is 0. The number of likely N-dealkylation sites (N-methyl/N-ethyl adjacent to an activating group) is 1. The number of hydrogen-bond acceptors (Lipinski definition) is 4. The lowest BCUT2D eigenvalue weighted by molar-refractivity contribution is -0.886. The highest BCUT2D eigenvalue weighted by molar-refractivity contribution is 5.81. The number of amides is 2. The summed E-state index contributed by atoms with van der Waals surface area (Å²) in [5.41, 5.74) is 0.662. The van der Waals surface area contributed by atoms with Crippen molar-refractivity contribution in [2.45, 2.75) is 45.8 Å². The van der Waals surface area contributed by atoms with Crippen LogP contribution in [0.1, 0.15) is 33.3 Å². The lowest BCUT2D eigenvalue weighted by Crippen LogP contribution is -3.15. The number of nitrogens with one attached hydrogen (secondary N) is 3. The van der Waals surface area contributed by atoms with Crippen molar-refractivity contribution in [3.05, 3.63) is 23.8 Å². The largest absolute Gasteiger partial charge is 0.454 e. The summed E-state index contributed by atoms with van der Waals surface area (Å²) < 4.78 is 10.6. The van der Waals surface area contributed by atoms with Crippen molar-refractivity contribution in [2.75, 3.05) is 20.4 Å². The van der Waals surface area contributed by atoms with Crippen molar-refractivity contribution < 1.29 is 24.0 Å². The van der Waals surface area contributed by atoms with Gasteiger partial charge in [0.2, 0.25) is 6.79 Å². The Hall–Kier alpha value is -2.28. The molecule has 1 aliphatic rings. The molecule has 1 aromatic carbocycles. The molecule has 25 heavy (non-hydrogen) atoms. The summed E-state index contributed by atoms with van der Waals surface area (Å²) in [6.45, 7) is 8.49. The van der Waals surface area contributed by atoms with Crippen LogP contribution in [0.25, 0.3) is 0 Å². The van der Waals surface area contributed by atoms with Gasteiger partial charge in [0, 0.05) is 12.1 Å². The van der Waals surface area contributed by atoms with E-state index in [2.05, 4.69) is 10.6 Å². The Kier molecular flexibility index (Phi) is 5.89. The predicted octanol–water partition coefficient (Wildman–Crippen LogP) is -0.151. The summed E-state index contributed by atoms with van der Waals surface area (Å²) >= 11 is 0. The average molecular weight is 350 g/mol. The fraction of sp³-hybridized carbons (Fsp3) is 0.556. The molecule has 2 rings (SSSR count). The van der Waals surface area contributed by atoms with Crippen molar-refractivity contribution in [2.24, 2.45) is 0 Å². The molecule has 1 aromatic rings. The monoisotopic (exact) mass is 350 g/mol. The molecule has 7 nitrogen and oxygen atoms in total. The van der Waals surface area contributed by atoms with E-state index in [9.17, 15) is 9.59 Å². The minimum absolute atomic E-state index is 0.0691. The Balaban J connectivity index is 1.82. The van der Waals surface area contributed by atoms with E-state index < -0.39 is 0 Å². The van der Waals surface area contributed by atoms with Crippen molar-refractivity contribution in [3.63, 3.8) is 0 Å². The minimum atomic E-state index is -0.334. The summed E-state index contributed by atoms with van der Waals surface area (Å²) in [4.78, 5) is 25.2. The number of rotatable bonds is 6. The molecule has 3 N–H and O–H groups in total. The van der Waals surface area contributed by atoms with Gasteiger partial charge in [-0.1, -0.05) is 6.07 Å². The molecule has 1 unspecified atom stereocenters. The number of benzene rings is 1. The first-order valence-electron chi connectivity index (χ1n) is 8.45. The van der Waals surface area contributed by atoms with Crippen LogP contribution in [-0.4, -0.2) is 43.8 Å². The Morgan fingerprint density at radius 3 is 2.60 bits per heavy atom. The van der Waals surface area contributed by atoms with Crippen molar-refractivity contribution in [3.8, 4) is 11.5 Å². The maximum Gasteiger partial charge on any atom is 0.278 e. The topological polar surface area (TPSA) is 81.1 Å². The lowest BCUT2D eigenvalue weighted by Gasteiger charge is -2.24. The van der Waals surface area contributed by atoms with Gasteiger partial charge in [-0.05, 0) is 45.4 Å². The van der Waals surface area contributed by atoms with Crippen LogP contribution in [0.3, 0.4) is 0 Å². The molecule has 0 radical (unpaired) electrons. The van der Waals surface area contributed by atoms with Crippen LogP contribution in [0.4, 0.5) is 0 Å². The molecule has 138 valence electrons. The standard InChI is InChI=1S/C18H27N3O4/c1-12(21(5)10-16(22)20-18(2,3)4)17(23)19-9-13-6-7-14-15(8-13)25-11-24-14/h6-8,12H,9-11H2,1-5H3,(H,19,23)(H,20,22)/p+1/t12-/m0/s1. The number of quaternary nitrogens is 1. The zero-order valence-corrected chi connectivity index (χ0v) is 15.6. The number of ether oxygens (including phenoxy) is 2. The normalized spacial score (nSPS) is 15.4. The third-order valence-corrected chi connectivity index (χ3v) is 3.99. The van der Waals surface area contributed by atoms with Crippen LogP contribution in [0.2, 0.25) is 0 Å². The van der Waals surface area contributed by atoms with Crippen LogP contribution >= 0.6 is 0 Å². The smallest absolute Gasteiger partial charge is 0.278 e. The van der Waals surface area contributed by atoms with E-state index in [1.54, 1.807) is 0 Å². The fourth-order valence-electron chi connectivity index (χ4n) is 2.49. The second kappa shape index (κ2) is 7.74. The summed E-state index contributed by atoms with van der Waals surface area (Å²) in [5, 5.41) is 5.81. The zero-order chi connectivity index (χ0) is 18.6. The summed E-state index contributed by atoms with van der Waals surface area (Å²) in [7, 11) is 1.84. The quantitative estimate of drug-likeness (QED) is 0.667. The molecule has 0 aromatic heterocycles. The van der Waals surface area contributed by atoms with Gasteiger partial charge in [-0.15, -0.1) is 0 Å². The Morgan fingerprint density at radius 1 is 1.24 bits per heavy atom. The van der Waals surface area contributed by atoms with Crippen LogP contribution in [0, 0.1) is 0 Å². The first kappa shape index (κ1) is 19.1. The van der Waals surface area contributed by atoms with Crippen LogP contribution in [0.5, 0.6) is 11.5 Å². The molecule has 0 saturated heterocycles. The van der Waals surface area contributed by atoms with Crippen molar-refractivity contribution >= 4 is 11.8 Å². The van der Waals surface area contributed by atoms with Crippen LogP contribution in [0.15, 0.2) is 18.2 Å². The number of hydrogen-bond donors (Lipinski definition) is 3. The fourth-order valence-corrected chi connectivity index (χ4v) is 2.49. The molecule has 7 heteroatoms. The maximum absolute atomic E-state index is 12.3. The zero-order valence-electron chi connectivity index (χ0n) is 15.6. The van der Waals surface area contributed by atoms with Gasteiger partial charge in [0.1, 0.15) is 0 Å². The average Bonchev–Trinajstić information content (AvgIpc) is 2.97. The van der Waals surface area contributed by atoms with Gasteiger partial charge in [-0.2, -0.15) is 0 Å². The maximum atomic E-state index is 12.3. The number of carbonyl (C=O) groups excluding carboxylic acids is 2. The second-order valence-corrected chi connectivity index (χ2v) is 7.45. The third-order valence-electron chi connectivity index (χ3n) is 3.99. The first-order valence-corrected chi connectivity index (χ1v) is 8.45. The number of fused-ring (bicyclic) bond motifs is 1. The van der Waals surface area contributed by atoms with E-state index in [1.165, 1.54) is 0 Å². The van der Waals surface area contributed by atoms with Gasteiger partial charge in [0.05, 0.1) is 7.05 Å². The van der Waals surface area contributed by atoms with E-state index in [0.717, 1.165) is 16.2 Å². The van der Waals surface area contributed by atoms with Gasteiger partial charge in [-0.25, -0.2) is 0 Å². The van der Waals surface area contributed by atoms with Gasteiger partial charge >= 0.3 is 0 Å². The van der Waals surface area contributed by atoms with Gasteiger partial charge in [0.15, 0.2) is 24.1 Å². The molecule has 0 bridgehead atoms. The van der Waals surface area contributed by atoms with Gasteiger partial charge in [-0.3, -0.25) is 9.59 Å². The molecular weight excluding hydrogens is 322 g/mol. The lowest BCUT2D eigenvalue weighted by atomic mass is 10.1. The van der Waals surface area contributed by atoms with E-state index in [-0.39, 0.29) is 36.7 Å². The Bertz CT molecular complexity index is 640. The van der Waals surface area contributed by atoms with Gasteiger partial charge < -0.3 is 25.0 Å². The van der Waals surface area contributed by atoms with E-state index >= 15 is 0 Å². The van der Waals surface area contributed by atoms with E-state index in [0.29, 0.717) is 12.3 Å². The SMILES string of the molecule is C[C@@H](C(=O)NCc1ccc2c(c1)OCO2)[NH+](C)CC(=O)NC(C)(C)C. The van der Waals surface area contributed by atoms with Crippen molar-refractivity contribution in [1.82, 2.24) is 10.6 Å².